The molecule has 0 N–H and O–H groups in total. The molecule has 2 rings (SSSR count). The summed E-state index contributed by atoms with van der Waals surface area (Å²) < 4.78 is 6.40. The predicted octanol–water partition coefficient (Wildman–Crippen LogP) is 3.43. The zero-order valence-corrected chi connectivity index (χ0v) is 14.5. The van der Waals surface area contributed by atoms with Crippen molar-refractivity contribution < 1.29 is 9.53 Å². The van der Waals surface area contributed by atoms with Crippen LogP contribution in [-0.4, -0.2) is 35.3 Å². The van der Waals surface area contributed by atoms with Crippen molar-refractivity contribution in [3.63, 3.8) is 0 Å². The van der Waals surface area contributed by atoms with Crippen molar-refractivity contribution in [1.29, 1.82) is 0 Å². The maximum Gasteiger partial charge on any atom is 0.327 e. The van der Waals surface area contributed by atoms with Crippen LogP contribution in [0.15, 0.2) is 22.7 Å². The lowest BCUT2D eigenvalue weighted by atomic mass is 10.2. The number of carbonyl (C=O) groups is 1. The van der Waals surface area contributed by atoms with Gasteiger partial charge in [0.1, 0.15) is 11.6 Å². The SMILES string of the molecule is CC(C)c1nc(Oc2ccc(Br)c(C=O)c2)nc(N(C)C)n1. The van der Waals surface area contributed by atoms with Crippen molar-refractivity contribution in [3.8, 4) is 11.8 Å². The number of nitrogens with zero attached hydrogens (tertiary/aromatic N) is 4. The molecule has 0 spiro atoms. The molecule has 0 amide bonds. The summed E-state index contributed by atoms with van der Waals surface area (Å²) in [7, 11) is 3.71. The molecule has 0 aliphatic heterocycles. The Morgan fingerprint density at radius 2 is 1.95 bits per heavy atom. The summed E-state index contributed by atoms with van der Waals surface area (Å²) in [5, 5.41) is 0. The van der Waals surface area contributed by atoms with E-state index in [9.17, 15) is 4.79 Å². The lowest BCUT2D eigenvalue weighted by Crippen LogP contribution is -2.15. The predicted molar refractivity (Wildman–Crippen MR) is 87.8 cm³/mol. The number of rotatable bonds is 5. The fourth-order valence-electron chi connectivity index (χ4n) is 1.65. The van der Waals surface area contributed by atoms with E-state index in [1.807, 2.05) is 27.9 Å². The maximum atomic E-state index is 11.0. The molecule has 0 atom stereocenters. The van der Waals surface area contributed by atoms with Crippen LogP contribution in [0.4, 0.5) is 5.95 Å². The Kier molecular flexibility index (Phi) is 5.07. The zero-order chi connectivity index (χ0) is 16.3. The number of halogens is 1. The Bertz CT molecular complexity index is 663. The lowest BCUT2D eigenvalue weighted by Gasteiger charge is -2.14. The second-order valence-electron chi connectivity index (χ2n) is 5.23. The summed E-state index contributed by atoms with van der Waals surface area (Å²) >= 11 is 3.30. The average Bonchev–Trinajstić information content (AvgIpc) is 2.48. The van der Waals surface area contributed by atoms with Crippen LogP contribution in [-0.2, 0) is 0 Å². The molecule has 0 unspecified atom stereocenters. The van der Waals surface area contributed by atoms with Crippen LogP contribution in [0.2, 0.25) is 0 Å². The third-order valence-electron chi connectivity index (χ3n) is 2.84. The number of anilines is 1. The molecule has 1 aromatic heterocycles. The van der Waals surface area contributed by atoms with E-state index in [0.29, 0.717) is 27.6 Å². The first-order valence-electron chi connectivity index (χ1n) is 6.76. The molecule has 6 nitrogen and oxygen atoms in total. The van der Waals surface area contributed by atoms with Gasteiger partial charge in [0.15, 0.2) is 6.29 Å². The molecular formula is C15H17BrN4O2. The third-order valence-corrected chi connectivity index (χ3v) is 3.56. The van der Waals surface area contributed by atoms with Gasteiger partial charge >= 0.3 is 6.01 Å². The molecule has 22 heavy (non-hydrogen) atoms. The normalized spacial score (nSPS) is 10.6. The van der Waals surface area contributed by atoms with E-state index in [-0.39, 0.29) is 11.9 Å². The summed E-state index contributed by atoms with van der Waals surface area (Å²) in [5.41, 5.74) is 0.503. The van der Waals surface area contributed by atoms with Crippen molar-refractivity contribution in [2.75, 3.05) is 19.0 Å². The molecule has 0 fully saturated rings. The van der Waals surface area contributed by atoms with E-state index < -0.39 is 0 Å². The summed E-state index contributed by atoms with van der Waals surface area (Å²) in [6.07, 6.45) is 0.759. The van der Waals surface area contributed by atoms with Crippen molar-refractivity contribution in [2.45, 2.75) is 19.8 Å². The summed E-state index contributed by atoms with van der Waals surface area (Å²) in [4.78, 5) is 25.7. The van der Waals surface area contributed by atoms with Crippen molar-refractivity contribution in [3.05, 3.63) is 34.1 Å². The Morgan fingerprint density at radius 1 is 1.23 bits per heavy atom. The minimum absolute atomic E-state index is 0.152. The molecule has 0 aliphatic rings. The number of carbonyl (C=O) groups excluding carboxylic acids is 1. The second kappa shape index (κ2) is 6.83. The van der Waals surface area contributed by atoms with Crippen molar-refractivity contribution in [1.82, 2.24) is 15.0 Å². The number of aromatic nitrogens is 3. The second-order valence-corrected chi connectivity index (χ2v) is 6.08. The third kappa shape index (κ3) is 3.79. The Balaban J connectivity index is 2.38. The molecule has 1 aromatic carbocycles. The van der Waals surface area contributed by atoms with Crippen LogP contribution in [0.25, 0.3) is 0 Å². The summed E-state index contributed by atoms with van der Waals surface area (Å²) in [5.74, 6) is 1.83. The van der Waals surface area contributed by atoms with Crippen LogP contribution >= 0.6 is 15.9 Å². The van der Waals surface area contributed by atoms with Crippen molar-refractivity contribution >= 4 is 28.2 Å². The van der Waals surface area contributed by atoms with E-state index >= 15 is 0 Å². The minimum atomic E-state index is 0.152. The Hall–Kier alpha value is -2.02. The van der Waals surface area contributed by atoms with Crippen LogP contribution in [0.5, 0.6) is 11.8 Å². The molecule has 0 saturated carbocycles. The standard InChI is InChI=1S/C15H17BrN4O2/c1-9(2)13-17-14(20(3)4)19-15(18-13)22-11-5-6-12(16)10(7-11)8-21/h5-9H,1-4H3. The van der Waals surface area contributed by atoms with Gasteiger partial charge in [0.25, 0.3) is 0 Å². The highest BCUT2D eigenvalue weighted by molar-refractivity contribution is 9.10. The highest BCUT2D eigenvalue weighted by Gasteiger charge is 2.13. The molecule has 2 aromatic rings. The molecular weight excluding hydrogens is 348 g/mol. The first-order valence-corrected chi connectivity index (χ1v) is 7.56. The molecule has 7 heteroatoms. The van der Waals surface area contributed by atoms with Gasteiger partial charge in [0.2, 0.25) is 5.95 Å². The molecule has 0 saturated heterocycles. The van der Waals surface area contributed by atoms with Gasteiger partial charge in [-0.05, 0) is 18.2 Å². The van der Waals surface area contributed by atoms with Gasteiger partial charge in [-0.1, -0.05) is 29.8 Å². The molecule has 0 aliphatic carbocycles. The average molecular weight is 365 g/mol. The number of aldehydes is 1. The largest absolute Gasteiger partial charge is 0.424 e. The zero-order valence-electron chi connectivity index (χ0n) is 12.9. The first kappa shape index (κ1) is 16.4. The number of benzene rings is 1. The summed E-state index contributed by atoms with van der Waals surface area (Å²) in [6, 6.07) is 5.33. The molecule has 0 bridgehead atoms. The number of hydrogen-bond donors (Lipinski definition) is 0. The molecule has 1 heterocycles. The fourth-order valence-corrected chi connectivity index (χ4v) is 1.99. The van der Waals surface area contributed by atoms with Gasteiger partial charge in [-0.3, -0.25) is 4.79 Å². The Labute approximate surface area is 137 Å². The van der Waals surface area contributed by atoms with E-state index in [0.717, 1.165) is 6.29 Å². The van der Waals surface area contributed by atoms with E-state index in [1.54, 1.807) is 23.1 Å². The molecule has 116 valence electrons. The fraction of sp³-hybridized carbons (Fsp3) is 0.333. The van der Waals surface area contributed by atoms with Gasteiger partial charge < -0.3 is 9.64 Å². The van der Waals surface area contributed by atoms with E-state index in [2.05, 4.69) is 30.9 Å². The molecule has 0 radical (unpaired) electrons. The minimum Gasteiger partial charge on any atom is -0.424 e. The van der Waals surface area contributed by atoms with Gasteiger partial charge in [0, 0.05) is 30.0 Å². The monoisotopic (exact) mass is 364 g/mol. The summed E-state index contributed by atoms with van der Waals surface area (Å²) in [6.45, 7) is 4.01. The Morgan fingerprint density at radius 3 is 2.55 bits per heavy atom. The van der Waals surface area contributed by atoms with Crippen LogP contribution < -0.4 is 9.64 Å². The van der Waals surface area contributed by atoms with Gasteiger partial charge in [-0.25, -0.2) is 0 Å². The van der Waals surface area contributed by atoms with E-state index in [4.69, 9.17) is 4.74 Å². The van der Waals surface area contributed by atoms with Crippen LogP contribution in [0.1, 0.15) is 35.9 Å². The van der Waals surface area contributed by atoms with Crippen LogP contribution in [0.3, 0.4) is 0 Å². The van der Waals surface area contributed by atoms with Gasteiger partial charge in [0.05, 0.1) is 0 Å². The maximum absolute atomic E-state index is 11.0. The lowest BCUT2D eigenvalue weighted by molar-refractivity contribution is 0.112. The van der Waals surface area contributed by atoms with E-state index in [1.165, 1.54) is 0 Å². The van der Waals surface area contributed by atoms with Crippen LogP contribution in [0, 0.1) is 0 Å². The topological polar surface area (TPSA) is 68.2 Å². The first-order chi connectivity index (χ1) is 10.4. The van der Waals surface area contributed by atoms with Gasteiger partial charge in [-0.15, -0.1) is 0 Å². The van der Waals surface area contributed by atoms with Gasteiger partial charge in [-0.2, -0.15) is 15.0 Å². The number of ether oxygens (including phenoxy) is 1. The highest BCUT2D eigenvalue weighted by Crippen LogP contribution is 2.25. The number of hydrogen-bond acceptors (Lipinski definition) is 6. The highest BCUT2D eigenvalue weighted by atomic mass is 79.9. The smallest absolute Gasteiger partial charge is 0.327 e. The quantitative estimate of drug-likeness (QED) is 0.757. The van der Waals surface area contributed by atoms with Crippen molar-refractivity contribution in [2.24, 2.45) is 0 Å².